The molecule has 4 heterocycles. The maximum Gasteiger partial charge on any atom is 0.269 e. The first-order valence-corrected chi connectivity index (χ1v) is 10.3. The molecule has 11 nitrogen and oxygen atoms in total. The van der Waals surface area contributed by atoms with E-state index in [-0.39, 0.29) is 11.6 Å². The minimum Gasteiger partial charge on any atom is -0.328 e. The van der Waals surface area contributed by atoms with Gasteiger partial charge in [-0.3, -0.25) is 24.9 Å². The molecule has 1 amide bonds. The van der Waals surface area contributed by atoms with Gasteiger partial charge in [-0.1, -0.05) is 0 Å². The van der Waals surface area contributed by atoms with Crippen molar-refractivity contribution in [3.8, 4) is 11.4 Å². The van der Waals surface area contributed by atoms with E-state index in [1.54, 1.807) is 66.7 Å². The number of nitrogens with one attached hydrogen (secondary N) is 2. The molecule has 168 valence electrons. The average molecular weight is 454 g/mol. The van der Waals surface area contributed by atoms with Crippen LogP contribution >= 0.6 is 0 Å². The van der Waals surface area contributed by atoms with Gasteiger partial charge in [0.2, 0.25) is 5.95 Å². The lowest BCUT2D eigenvalue weighted by molar-refractivity contribution is -0.384. The van der Waals surface area contributed by atoms with Crippen molar-refractivity contribution in [2.75, 3.05) is 10.6 Å². The molecule has 0 aliphatic carbocycles. The number of carbonyl (C=O) groups is 1. The highest BCUT2D eigenvalue weighted by atomic mass is 16.6. The van der Waals surface area contributed by atoms with Crippen LogP contribution in [-0.2, 0) is 4.79 Å². The van der Waals surface area contributed by atoms with Crippen molar-refractivity contribution in [3.63, 3.8) is 0 Å². The lowest BCUT2D eigenvalue weighted by Crippen LogP contribution is -2.31. The lowest BCUT2D eigenvalue weighted by Gasteiger charge is -2.28. The molecule has 1 aromatic carbocycles. The summed E-state index contributed by atoms with van der Waals surface area (Å²) >= 11 is 0. The summed E-state index contributed by atoms with van der Waals surface area (Å²) in [5, 5.41) is 21.8. The van der Waals surface area contributed by atoms with E-state index in [0.29, 0.717) is 39.9 Å². The molecule has 1 unspecified atom stereocenters. The summed E-state index contributed by atoms with van der Waals surface area (Å²) in [6, 6.07) is 12.5. The molecule has 3 aromatic heterocycles. The van der Waals surface area contributed by atoms with Crippen LogP contribution in [-0.4, -0.2) is 35.6 Å². The minimum absolute atomic E-state index is 0.0467. The summed E-state index contributed by atoms with van der Waals surface area (Å²) in [6.45, 7) is 1.78. The summed E-state index contributed by atoms with van der Waals surface area (Å²) in [5.74, 6) is 0.521. The standard InChI is InChI=1S/C23H18N8O3/c1-14-19(22(32)27-17-5-3-11-25-13-17)20(15-6-8-18(9-7-15)31(33)34)30-23(26-14)28-21(29-30)16-4-2-10-24-12-16/h2-13,20H,1H3,(H,27,32)(H,26,28,29). The van der Waals surface area contributed by atoms with Gasteiger partial charge in [-0.15, -0.1) is 5.10 Å². The number of nitrogens with zero attached hydrogens (tertiary/aromatic N) is 6. The molecule has 0 spiro atoms. The average Bonchev–Trinajstić information content (AvgIpc) is 3.28. The Bertz CT molecular complexity index is 1400. The Balaban J connectivity index is 1.61. The van der Waals surface area contributed by atoms with Crippen LogP contribution in [0.15, 0.2) is 84.6 Å². The smallest absolute Gasteiger partial charge is 0.269 e. The number of nitro benzene ring substituents is 1. The molecule has 5 rings (SSSR count). The summed E-state index contributed by atoms with van der Waals surface area (Å²) < 4.78 is 1.61. The van der Waals surface area contributed by atoms with E-state index in [9.17, 15) is 14.9 Å². The van der Waals surface area contributed by atoms with Crippen LogP contribution in [0.1, 0.15) is 18.5 Å². The van der Waals surface area contributed by atoms with E-state index in [0.717, 1.165) is 0 Å². The fraction of sp³-hybridized carbons (Fsp3) is 0.0870. The Labute approximate surface area is 193 Å². The highest BCUT2D eigenvalue weighted by molar-refractivity contribution is 6.05. The molecule has 0 radical (unpaired) electrons. The van der Waals surface area contributed by atoms with Crippen LogP contribution < -0.4 is 10.6 Å². The van der Waals surface area contributed by atoms with Crippen molar-refractivity contribution in [1.82, 2.24) is 24.7 Å². The van der Waals surface area contributed by atoms with Crippen LogP contribution in [0, 0.1) is 10.1 Å². The number of nitro groups is 1. The van der Waals surface area contributed by atoms with Gasteiger partial charge in [0.05, 0.1) is 22.4 Å². The Morgan fingerprint density at radius 1 is 1.09 bits per heavy atom. The highest BCUT2D eigenvalue weighted by Gasteiger charge is 2.34. The number of allylic oxidation sites excluding steroid dienone is 1. The summed E-state index contributed by atoms with van der Waals surface area (Å²) in [4.78, 5) is 36.8. The van der Waals surface area contributed by atoms with Gasteiger partial charge in [0.1, 0.15) is 6.04 Å². The normalized spacial score (nSPS) is 14.8. The first-order valence-electron chi connectivity index (χ1n) is 10.3. The van der Waals surface area contributed by atoms with Crippen LogP contribution in [0.25, 0.3) is 11.4 Å². The molecular weight excluding hydrogens is 436 g/mol. The number of anilines is 2. The quantitative estimate of drug-likeness (QED) is 0.344. The third-order valence-electron chi connectivity index (χ3n) is 5.36. The van der Waals surface area contributed by atoms with Crippen LogP contribution in [0.4, 0.5) is 17.3 Å². The van der Waals surface area contributed by atoms with E-state index >= 15 is 0 Å². The number of hydrogen-bond donors (Lipinski definition) is 2. The largest absolute Gasteiger partial charge is 0.328 e. The number of carbonyl (C=O) groups excluding carboxylic acids is 1. The maximum absolute atomic E-state index is 13.4. The Morgan fingerprint density at radius 3 is 2.47 bits per heavy atom. The first-order chi connectivity index (χ1) is 16.5. The second-order valence-corrected chi connectivity index (χ2v) is 7.56. The number of non-ortho nitro benzene ring substituents is 1. The number of benzene rings is 1. The van der Waals surface area contributed by atoms with E-state index in [2.05, 4.69) is 30.7 Å². The molecule has 0 fully saturated rings. The van der Waals surface area contributed by atoms with Crippen molar-refractivity contribution in [1.29, 1.82) is 0 Å². The Morgan fingerprint density at radius 2 is 1.82 bits per heavy atom. The molecule has 4 aromatic rings. The molecule has 0 saturated heterocycles. The fourth-order valence-corrected chi connectivity index (χ4v) is 3.78. The van der Waals surface area contributed by atoms with Gasteiger partial charge in [0.15, 0.2) is 5.82 Å². The summed E-state index contributed by atoms with van der Waals surface area (Å²) in [5.41, 5.74) is 2.83. The highest BCUT2D eigenvalue weighted by Crippen LogP contribution is 2.37. The molecular formula is C23H18N8O3. The van der Waals surface area contributed by atoms with Crippen LogP contribution in [0.3, 0.4) is 0 Å². The van der Waals surface area contributed by atoms with Gasteiger partial charge >= 0.3 is 0 Å². The van der Waals surface area contributed by atoms with Crippen LogP contribution in [0.5, 0.6) is 0 Å². The topological polar surface area (TPSA) is 141 Å². The van der Waals surface area contributed by atoms with E-state index in [4.69, 9.17) is 0 Å². The zero-order valence-corrected chi connectivity index (χ0v) is 17.9. The number of pyridine rings is 2. The predicted octanol–water partition coefficient (Wildman–Crippen LogP) is 3.57. The maximum atomic E-state index is 13.4. The molecule has 0 saturated carbocycles. The van der Waals surface area contributed by atoms with Crippen molar-refractivity contribution < 1.29 is 9.72 Å². The van der Waals surface area contributed by atoms with Crippen molar-refractivity contribution in [2.24, 2.45) is 0 Å². The second kappa shape index (κ2) is 8.54. The number of rotatable bonds is 5. The van der Waals surface area contributed by atoms with Gasteiger partial charge in [-0.25, -0.2) is 4.68 Å². The lowest BCUT2D eigenvalue weighted by atomic mass is 9.95. The van der Waals surface area contributed by atoms with Gasteiger partial charge in [-0.2, -0.15) is 4.98 Å². The summed E-state index contributed by atoms with van der Waals surface area (Å²) in [7, 11) is 0. The molecule has 1 aliphatic rings. The third kappa shape index (κ3) is 3.86. The van der Waals surface area contributed by atoms with E-state index in [1.807, 2.05) is 6.07 Å². The minimum atomic E-state index is -0.674. The number of fused-ring (bicyclic) bond motifs is 1. The number of aromatic nitrogens is 5. The number of hydrogen-bond acceptors (Lipinski definition) is 8. The molecule has 1 aliphatic heterocycles. The molecule has 0 bridgehead atoms. The van der Waals surface area contributed by atoms with Gasteiger partial charge in [-0.05, 0) is 48.9 Å². The first kappa shape index (κ1) is 20.9. The zero-order chi connectivity index (χ0) is 23.7. The molecule has 34 heavy (non-hydrogen) atoms. The van der Waals surface area contributed by atoms with E-state index < -0.39 is 11.0 Å². The van der Waals surface area contributed by atoms with Crippen molar-refractivity contribution >= 4 is 23.2 Å². The van der Waals surface area contributed by atoms with Crippen LogP contribution in [0.2, 0.25) is 0 Å². The second-order valence-electron chi connectivity index (χ2n) is 7.56. The Hall–Kier alpha value is -4.93. The molecule has 1 atom stereocenters. The Kier molecular flexibility index (Phi) is 5.26. The van der Waals surface area contributed by atoms with Gasteiger partial charge < -0.3 is 10.6 Å². The SMILES string of the molecule is CC1=C(C(=O)Nc2cccnc2)C(c2ccc([N+](=O)[O-])cc2)n2nc(-c3cccnc3)nc2N1. The van der Waals surface area contributed by atoms with Crippen molar-refractivity contribution in [2.45, 2.75) is 13.0 Å². The fourth-order valence-electron chi connectivity index (χ4n) is 3.78. The van der Waals surface area contributed by atoms with E-state index in [1.165, 1.54) is 12.1 Å². The van der Waals surface area contributed by atoms with Gasteiger partial charge in [0, 0.05) is 42.0 Å². The third-order valence-corrected chi connectivity index (χ3v) is 5.36. The molecule has 11 heteroatoms. The predicted molar refractivity (Wildman–Crippen MR) is 124 cm³/mol. The van der Waals surface area contributed by atoms with Crippen molar-refractivity contribution in [3.05, 3.63) is 100 Å². The zero-order valence-electron chi connectivity index (χ0n) is 17.9. The number of amides is 1. The summed E-state index contributed by atoms with van der Waals surface area (Å²) in [6.07, 6.45) is 6.47. The van der Waals surface area contributed by atoms with Gasteiger partial charge in [0.25, 0.3) is 11.6 Å². The monoisotopic (exact) mass is 454 g/mol. The molecule has 2 N–H and O–H groups in total.